The Kier molecular flexibility index (Phi) is 5.30. The largest absolute Gasteiger partial charge is 0.326 e. The number of anilines is 3. The molecule has 0 spiro atoms. The second-order valence-electron chi connectivity index (χ2n) is 6.07. The van der Waals surface area contributed by atoms with Crippen LogP contribution in [0.2, 0.25) is 0 Å². The second-order valence-corrected chi connectivity index (χ2v) is 6.07. The van der Waals surface area contributed by atoms with Crippen molar-refractivity contribution in [3.05, 3.63) is 82.5 Å². The smallest absolute Gasteiger partial charge is 0.255 e. The van der Waals surface area contributed by atoms with E-state index in [4.69, 9.17) is 0 Å². The topological polar surface area (TPSA) is 67.2 Å². The van der Waals surface area contributed by atoms with E-state index in [1.165, 1.54) is 39.8 Å². The van der Waals surface area contributed by atoms with Gasteiger partial charge in [-0.05, 0) is 43.3 Å². The average molecular weight is 366 g/mol. The van der Waals surface area contributed by atoms with E-state index in [9.17, 15) is 14.0 Å². The zero-order valence-corrected chi connectivity index (χ0v) is 15.0. The highest BCUT2D eigenvalue weighted by Crippen LogP contribution is 2.16. The zero-order chi connectivity index (χ0) is 19.4. The van der Waals surface area contributed by atoms with Crippen molar-refractivity contribution in [2.24, 2.45) is 0 Å². The molecule has 0 bridgehead atoms. The number of aromatic nitrogens is 2. The molecule has 1 heterocycles. The van der Waals surface area contributed by atoms with Gasteiger partial charge in [-0.1, -0.05) is 18.2 Å². The van der Waals surface area contributed by atoms with E-state index in [-0.39, 0.29) is 29.8 Å². The molecule has 138 valence electrons. The summed E-state index contributed by atoms with van der Waals surface area (Å²) in [7, 11) is 1.65. The van der Waals surface area contributed by atoms with Crippen LogP contribution in [0.15, 0.2) is 65.5 Å². The normalized spacial score (nSPS) is 10.5. The maximum atomic E-state index is 13.1. The summed E-state index contributed by atoms with van der Waals surface area (Å²) >= 11 is 0. The van der Waals surface area contributed by atoms with Crippen LogP contribution in [0, 0.1) is 12.7 Å². The van der Waals surface area contributed by atoms with Gasteiger partial charge in [-0.2, -0.15) is 0 Å². The van der Waals surface area contributed by atoms with Gasteiger partial charge >= 0.3 is 0 Å². The number of aryl methyl sites for hydroxylation is 1. The predicted molar refractivity (Wildman–Crippen MR) is 103 cm³/mol. The van der Waals surface area contributed by atoms with Gasteiger partial charge in [0.2, 0.25) is 11.9 Å². The van der Waals surface area contributed by atoms with Crippen molar-refractivity contribution in [3.8, 4) is 0 Å². The van der Waals surface area contributed by atoms with Gasteiger partial charge < -0.3 is 10.2 Å². The maximum absolute atomic E-state index is 13.1. The maximum Gasteiger partial charge on any atom is 0.255 e. The number of carbonyl (C=O) groups is 1. The van der Waals surface area contributed by atoms with Gasteiger partial charge in [0.1, 0.15) is 12.4 Å². The lowest BCUT2D eigenvalue weighted by atomic mass is 10.3. The van der Waals surface area contributed by atoms with E-state index in [0.29, 0.717) is 11.4 Å². The Morgan fingerprint density at radius 3 is 2.48 bits per heavy atom. The van der Waals surface area contributed by atoms with Crippen LogP contribution in [0.4, 0.5) is 21.7 Å². The molecule has 0 radical (unpaired) electrons. The van der Waals surface area contributed by atoms with Crippen molar-refractivity contribution >= 4 is 23.2 Å². The molecule has 0 aliphatic heterocycles. The molecule has 3 rings (SSSR count). The van der Waals surface area contributed by atoms with Gasteiger partial charge in [-0.3, -0.25) is 14.2 Å². The SMILES string of the molecule is Cc1cc(=O)n(CC(=O)N(C)c2ccccc2)c(Nc2ccc(F)cc2)n1. The van der Waals surface area contributed by atoms with Crippen LogP contribution >= 0.6 is 0 Å². The molecule has 27 heavy (non-hydrogen) atoms. The van der Waals surface area contributed by atoms with Gasteiger partial charge in [0.05, 0.1) is 0 Å². The van der Waals surface area contributed by atoms with Crippen molar-refractivity contribution < 1.29 is 9.18 Å². The average Bonchev–Trinajstić information content (AvgIpc) is 2.66. The Hall–Kier alpha value is -3.48. The van der Waals surface area contributed by atoms with E-state index < -0.39 is 0 Å². The Balaban J connectivity index is 1.89. The van der Waals surface area contributed by atoms with Crippen LogP contribution in [-0.4, -0.2) is 22.5 Å². The number of para-hydroxylation sites is 1. The Morgan fingerprint density at radius 2 is 1.81 bits per heavy atom. The van der Waals surface area contributed by atoms with Gasteiger partial charge in [0.25, 0.3) is 5.56 Å². The minimum absolute atomic E-state index is 0.180. The van der Waals surface area contributed by atoms with E-state index in [1.54, 1.807) is 14.0 Å². The fraction of sp³-hybridized carbons (Fsp3) is 0.150. The number of benzene rings is 2. The third-order valence-corrected chi connectivity index (χ3v) is 4.05. The lowest BCUT2D eigenvalue weighted by Gasteiger charge is -2.19. The quantitative estimate of drug-likeness (QED) is 0.753. The van der Waals surface area contributed by atoms with Crippen LogP contribution in [0.3, 0.4) is 0 Å². The van der Waals surface area contributed by atoms with Gasteiger partial charge in [-0.15, -0.1) is 0 Å². The summed E-state index contributed by atoms with van der Waals surface area (Å²) in [5, 5.41) is 2.98. The van der Waals surface area contributed by atoms with Gasteiger partial charge in [0.15, 0.2) is 0 Å². The van der Waals surface area contributed by atoms with E-state index in [0.717, 1.165) is 5.69 Å². The fourth-order valence-corrected chi connectivity index (χ4v) is 2.57. The number of hydrogen-bond donors (Lipinski definition) is 1. The van der Waals surface area contributed by atoms with Crippen LogP contribution in [0.1, 0.15) is 5.69 Å². The Labute approximate surface area is 155 Å². The zero-order valence-electron chi connectivity index (χ0n) is 15.0. The Bertz CT molecular complexity index is 1000. The third kappa shape index (κ3) is 4.38. The molecule has 0 unspecified atom stereocenters. The minimum atomic E-state index is -0.366. The fourth-order valence-electron chi connectivity index (χ4n) is 2.57. The summed E-state index contributed by atoms with van der Waals surface area (Å²) in [6, 6.07) is 16.2. The first kappa shape index (κ1) is 18.3. The number of nitrogens with zero attached hydrogens (tertiary/aromatic N) is 3. The number of hydrogen-bond acceptors (Lipinski definition) is 4. The molecule has 0 aliphatic rings. The summed E-state index contributed by atoms with van der Waals surface area (Å²) in [5.74, 6) is -0.410. The third-order valence-electron chi connectivity index (χ3n) is 4.05. The van der Waals surface area contributed by atoms with Crippen molar-refractivity contribution in [2.75, 3.05) is 17.3 Å². The second kappa shape index (κ2) is 7.82. The van der Waals surface area contributed by atoms with Crippen molar-refractivity contribution in [2.45, 2.75) is 13.5 Å². The van der Waals surface area contributed by atoms with Crippen LogP contribution in [-0.2, 0) is 11.3 Å². The number of likely N-dealkylation sites (N-methyl/N-ethyl adjacent to an activating group) is 1. The first-order valence-corrected chi connectivity index (χ1v) is 8.37. The lowest BCUT2D eigenvalue weighted by Crippen LogP contribution is -2.35. The number of carbonyl (C=O) groups excluding carboxylic acids is 1. The molecule has 2 aromatic carbocycles. The molecule has 1 amide bonds. The molecule has 0 saturated heterocycles. The van der Waals surface area contributed by atoms with Crippen molar-refractivity contribution in [1.82, 2.24) is 9.55 Å². The molecule has 7 heteroatoms. The van der Waals surface area contributed by atoms with Gasteiger partial charge in [-0.25, -0.2) is 9.37 Å². The number of rotatable bonds is 5. The highest BCUT2D eigenvalue weighted by Gasteiger charge is 2.16. The minimum Gasteiger partial charge on any atom is -0.326 e. The lowest BCUT2D eigenvalue weighted by molar-refractivity contribution is -0.118. The number of amides is 1. The summed E-state index contributed by atoms with van der Waals surface area (Å²) in [6.07, 6.45) is 0. The van der Waals surface area contributed by atoms with Crippen molar-refractivity contribution in [3.63, 3.8) is 0 Å². The molecule has 1 aromatic heterocycles. The molecule has 0 aliphatic carbocycles. The molecule has 6 nitrogen and oxygen atoms in total. The summed E-state index contributed by atoms with van der Waals surface area (Å²) < 4.78 is 14.4. The molecular weight excluding hydrogens is 347 g/mol. The van der Waals surface area contributed by atoms with Crippen LogP contribution in [0.25, 0.3) is 0 Å². The highest BCUT2D eigenvalue weighted by atomic mass is 19.1. The summed E-state index contributed by atoms with van der Waals surface area (Å²) in [5.41, 5.74) is 1.46. The number of halogens is 1. The van der Waals surface area contributed by atoms with E-state index in [1.807, 2.05) is 30.3 Å². The molecule has 0 saturated carbocycles. The molecular formula is C20H19FN4O2. The van der Waals surface area contributed by atoms with Crippen molar-refractivity contribution in [1.29, 1.82) is 0 Å². The molecule has 0 fully saturated rings. The highest BCUT2D eigenvalue weighted by molar-refractivity contribution is 5.92. The summed E-state index contributed by atoms with van der Waals surface area (Å²) in [6.45, 7) is 1.51. The summed E-state index contributed by atoms with van der Waals surface area (Å²) in [4.78, 5) is 30.9. The Morgan fingerprint density at radius 1 is 1.15 bits per heavy atom. The number of nitrogens with one attached hydrogen (secondary N) is 1. The molecule has 3 aromatic rings. The van der Waals surface area contributed by atoms with Crippen LogP contribution in [0.5, 0.6) is 0 Å². The standard InChI is InChI=1S/C20H19FN4O2/c1-14-12-18(26)25(13-19(27)24(2)17-6-4-3-5-7-17)20(22-14)23-16-10-8-15(21)9-11-16/h3-12H,13H2,1-2H3,(H,22,23). The first-order chi connectivity index (χ1) is 12.9. The predicted octanol–water partition coefficient (Wildman–Crippen LogP) is 3.10. The van der Waals surface area contributed by atoms with E-state index >= 15 is 0 Å². The van der Waals surface area contributed by atoms with Crippen LogP contribution < -0.4 is 15.8 Å². The van der Waals surface area contributed by atoms with Gasteiger partial charge in [0, 0.05) is 30.2 Å². The first-order valence-electron chi connectivity index (χ1n) is 8.37. The van der Waals surface area contributed by atoms with E-state index in [2.05, 4.69) is 10.3 Å². The molecule has 1 N–H and O–H groups in total. The monoisotopic (exact) mass is 366 g/mol. The molecule has 0 atom stereocenters.